The van der Waals surface area contributed by atoms with Crippen LogP contribution in [-0.4, -0.2) is 14.5 Å². The Morgan fingerprint density at radius 1 is 1.54 bits per heavy atom. The molecular weight excluding hydrogens is 204 g/mol. The lowest BCUT2D eigenvalue weighted by molar-refractivity contribution is 0.607. The Hall–Kier alpha value is -0.650. The monoisotopic (exact) mass is 212 g/mol. The van der Waals surface area contributed by atoms with E-state index in [1.54, 1.807) is 6.07 Å². The van der Waals surface area contributed by atoms with Crippen LogP contribution in [0.4, 0.5) is 0 Å². The maximum absolute atomic E-state index is 11.0. The van der Waals surface area contributed by atoms with Gasteiger partial charge in [-0.3, -0.25) is 0 Å². The van der Waals surface area contributed by atoms with Crippen LogP contribution in [0.2, 0.25) is 0 Å². The van der Waals surface area contributed by atoms with Crippen molar-refractivity contribution in [2.75, 3.05) is 0 Å². The molecule has 0 aromatic carbocycles. The van der Waals surface area contributed by atoms with Gasteiger partial charge < -0.3 is 9.54 Å². The Morgan fingerprint density at radius 2 is 2.31 bits per heavy atom. The SMILES string of the molecule is Cc1cc2nc([S+]([O-])S)ccc2[nH]1. The third-order valence-corrected chi connectivity index (χ3v) is 2.91. The van der Waals surface area contributed by atoms with Crippen LogP contribution in [0.5, 0.6) is 0 Å². The fourth-order valence-corrected chi connectivity index (χ4v) is 1.89. The van der Waals surface area contributed by atoms with Crippen LogP contribution in [0.3, 0.4) is 0 Å². The van der Waals surface area contributed by atoms with E-state index >= 15 is 0 Å². The van der Waals surface area contributed by atoms with Crippen LogP contribution >= 0.6 is 11.7 Å². The molecule has 0 saturated heterocycles. The molecule has 2 aromatic heterocycles. The highest BCUT2D eigenvalue weighted by atomic mass is 33.1. The van der Waals surface area contributed by atoms with Crippen molar-refractivity contribution in [2.45, 2.75) is 11.9 Å². The Balaban J connectivity index is 2.61. The second kappa shape index (κ2) is 3.25. The maximum atomic E-state index is 11.0. The molecule has 0 bridgehead atoms. The van der Waals surface area contributed by atoms with Gasteiger partial charge in [0, 0.05) is 11.8 Å². The summed E-state index contributed by atoms with van der Waals surface area (Å²) in [6.07, 6.45) is 0. The molecule has 0 amide bonds. The molecule has 1 N–H and O–H groups in total. The van der Waals surface area contributed by atoms with Crippen LogP contribution in [0.1, 0.15) is 5.69 Å². The van der Waals surface area contributed by atoms with Crippen molar-refractivity contribution in [3.63, 3.8) is 0 Å². The Bertz CT molecular complexity index is 439. The molecule has 0 radical (unpaired) electrons. The molecule has 68 valence electrons. The predicted octanol–water partition coefficient (Wildman–Crippen LogP) is 1.82. The normalized spacial score (nSPS) is 13.5. The summed E-state index contributed by atoms with van der Waals surface area (Å²) in [6, 6.07) is 5.49. The predicted molar refractivity (Wildman–Crippen MR) is 56.2 cm³/mol. The van der Waals surface area contributed by atoms with Crippen LogP contribution in [0.15, 0.2) is 23.2 Å². The van der Waals surface area contributed by atoms with E-state index in [1.807, 2.05) is 19.1 Å². The van der Waals surface area contributed by atoms with Gasteiger partial charge in [-0.05, 0) is 19.1 Å². The van der Waals surface area contributed by atoms with E-state index in [4.69, 9.17) is 0 Å². The second-order valence-corrected chi connectivity index (χ2v) is 4.70. The van der Waals surface area contributed by atoms with Crippen LogP contribution < -0.4 is 0 Å². The fraction of sp³-hybridized carbons (Fsp3) is 0.125. The number of aryl methyl sites for hydroxylation is 1. The number of fused-ring (bicyclic) bond motifs is 1. The van der Waals surface area contributed by atoms with Gasteiger partial charge >= 0.3 is 0 Å². The summed E-state index contributed by atoms with van der Waals surface area (Å²) in [7, 11) is -1.31. The molecule has 1 unspecified atom stereocenters. The van der Waals surface area contributed by atoms with Gasteiger partial charge in [0.05, 0.1) is 32.9 Å². The molecule has 0 aliphatic carbocycles. The van der Waals surface area contributed by atoms with Crippen molar-refractivity contribution in [2.24, 2.45) is 0 Å². The van der Waals surface area contributed by atoms with E-state index < -0.39 is 10.2 Å². The van der Waals surface area contributed by atoms with Gasteiger partial charge in [-0.2, -0.15) is 4.98 Å². The van der Waals surface area contributed by atoms with E-state index in [1.165, 1.54) is 0 Å². The van der Waals surface area contributed by atoms with Gasteiger partial charge in [-0.1, -0.05) is 0 Å². The molecule has 0 aliphatic heterocycles. The zero-order valence-corrected chi connectivity index (χ0v) is 8.65. The van der Waals surface area contributed by atoms with E-state index in [0.29, 0.717) is 5.03 Å². The summed E-state index contributed by atoms with van der Waals surface area (Å²) in [5.74, 6) is 0. The van der Waals surface area contributed by atoms with Gasteiger partial charge in [0.25, 0.3) is 5.03 Å². The number of aromatic nitrogens is 2. The zero-order valence-electron chi connectivity index (χ0n) is 6.94. The summed E-state index contributed by atoms with van der Waals surface area (Å²) in [4.78, 5) is 7.33. The van der Waals surface area contributed by atoms with Crippen LogP contribution in [0, 0.1) is 6.92 Å². The lowest BCUT2D eigenvalue weighted by Crippen LogP contribution is -1.93. The Morgan fingerprint density at radius 3 is 3.00 bits per heavy atom. The summed E-state index contributed by atoms with van der Waals surface area (Å²) >= 11 is 3.82. The topological polar surface area (TPSA) is 51.7 Å². The number of nitrogens with zero attached hydrogens (tertiary/aromatic N) is 1. The molecule has 0 spiro atoms. The van der Waals surface area contributed by atoms with Crippen molar-refractivity contribution in [3.05, 3.63) is 23.9 Å². The number of H-pyrrole nitrogens is 1. The standard InChI is InChI=1S/C8H8N2OS2/c1-5-4-7-6(9-5)2-3-8(10-7)13(11)12/h2-4,9H,1H3,(H,11,12). The van der Waals surface area contributed by atoms with Gasteiger partial charge in [0.1, 0.15) is 0 Å². The van der Waals surface area contributed by atoms with Crippen molar-refractivity contribution in [3.8, 4) is 0 Å². The van der Waals surface area contributed by atoms with Crippen LogP contribution in [-0.2, 0) is 10.2 Å². The first-order chi connectivity index (χ1) is 6.16. The van der Waals surface area contributed by atoms with Gasteiger partial charge in [-0.15, -0.1) is 0 Å². The maximum Gasteiger partial charge on any atom is 0.258 e. The van der Waals surface area contributed by atoms with Gasteiger partial charge in [0.2, 0.25) is 0 Å². The third kappa shape index (κ3) is 1.67. The number of hydrogen-bond acceptors (Lipinski definition) is 3. The molecule has 0 saturated carbocycles. The van der Waals surface area contributed by atoms with E-state index in [-0.39, 0.29) is 0 Å². The number of nitrogens with one attached hydrogen (secondary N) is 1. The summed E-state index contributed by atoms with van der Waals surface area (Å²) in [5, 5.41) is 0.495. The molecule has 2 rings (SSSR count). The van der Waals surface area contributed by atoms with E-state index in [9.17, 15) is 4.55 Å². The summed E-state index contributed by atoms with van der Waals surface area (Å²) < 4.78 is 11.0. The third-order valence-electron chi connectivity index (χ3n) is 1.76. The van der Waals surface area contributed by atoms with E-state index in [2.05, 4.69) is 21.6 Å². The molecule has 1 atom stereocenters. The molecule has 0 aliphatic rings. The molecule has 3 nitrogen and oxygen atoms in total. The molecule has 2 aromatic rings. The smallest absolute Gasteiger partial charge is 0.258 e. The number of pyridine rings is 1. The van der Waals surface area contributed by atoms with Gasteiger partial charge in [0.15, 0.2) is 0 Å². The molecule has 2 heterocycles. The summed E-state index contributed by atoms with van der Waals surface area (Å²) in [6.45, 7) is 1.96. The highest BCUT2D eigenvalue weighted by Crippen LogP contribution is 2.17. The number of thiol groups is 1. The Kier molecular flexibility index (Phi) is 2.23. The number of hydrogen-bond donors (Lipinski definition) is 2. The zero-order chi connectivity index (χ0) is 9.42. The first-order valence-electron chi connectivity index (χ1n) is 3.74. The molecule has 13 heavy (non-hydrogen) atoms. The Labute approximate surface area is 83.6 Å². The highest BCUT2D eigenvalue weighted by molar-refractivity contribution is 8.63. The second-order valence-electron chi connectivity index (χ2n) is 2.78. The molecule has 5 heteroatoms. The first-order valence-corrected chi connectivity index (χ1v) is 5.94. The average Bonchev–Trinajstić information content (AvgIpc) is 2.42. The van der Waals surface area contributed by atoms with Gasteiger partial charge in [-0.25, -0.2) is 0 Å². The van der Waals surface area contributed by atoms with Crippen molar-refractivity contribution < 1.29 is 4.55 Å². The number of rotatable bonds is 1. The largest absolute Gasteiger partial charge is 0.599 e. The van der Waals surface area contributed by atoms with E-state index in [0.717, 1.165) is 16.7 Å². The lowest BCUT2D eigenvalue weighted by Gasteiger charge is -1.99. The molecule has 0 fully saturated rings. The quantitative estimate of drug-likeness (QED) is 0.430. The highest BCUT2D eigenvalue weighted by Gasteiger charge is 2.09. The minimum absolute atomic E-state index is 0.495. The van der Waals surface area contributed by atoms with Crippen molar-refractivity contribution in [1.29, 1.82) is 0 Å². The number of aromatic amines is 1. The lowest BCUT2D eigenvalue weighted by atomic mass is 10.4. The summed E-state index contributed by atoms with van der Waals surface area (Å²) in [5.41, 5.74) is 2.84. The minimum atomic E-state index is -1.31. The first kappa shape index (κ1) is 8.93. The van der Waals surface area contributed by atoms with Crippen LogP contribution in [0.25, 0.3) is 11.0 Å². The average molecular weight is 212 g/mol. The van der Waals surface area contributed by atoms with Crippen molar-refractivity contribution in [1.82, 2.24) is 9.97 Å². The molecular formula is C8H8N2OS2. The fourth-order valence-electron chi connectivity index (χ4n) is 1.22. The van der Waals surface area contributed by atoms with Crippen molar-refractivity contribution >= 4 is 32.9 Å². The minimum Gasteiger partial charge on any atom is -0.599 e.